The molecule has 132 valence electrons. The number of ether oxygens (including phenoxy) is 1. The Morgan fingerprint density at radius 3 is 2.33 bits per heavy atom. The van der Waals surface area contributed by atoms with Crippen LogP contribution in [0.1, 0.15) is 71.8 Å². The van der Waals surface area contributed by atoms with E-state index < -0.39 is 0 Å². The van der Waals surface area contributed by atoms with Crippen molar-refractivity contribution in [2.45, 2.75) is 89.8 Å². The molecule has 3 nitrogen and oxygen atoms in total. The summed E-state index contributed by atoms with van der Waals surface area (Å²) in [6.45, 7) is 10.7. The molecular formula is C20H31BO3. The van der Waals surface area contributed by atoms with Gasteiger partial charge in [-0.25, -0.2) is 0 Å². The summed E-state index contributed by atoms with van der Waals surface area (Å²) in [6, 6.07) is 8.50. The Bertz CT molecular complexity index is 554. The first-order valence-corrected chi connectivity index (χ1v) is 9.45. The molecule has 0 bridgehead atoms. The summed E-state index contributed by atoms with van der Waals surface area (Å²) >= 11 is 0. The second-order valence-corrected chi connectivity index (χ2v) is 8.21. The third-order valence-electron chi connectivity index (χ3n) is 5.90. The molecule has 2 atom stereocenters. The zero-order valence-corrected chi connectivity index (χ0v) is 15.8. The lowest BCUT2D eigenvalue weighted by Gasteiger charge is -2.32. The molecule has 0 spiro atoms. The van der Waals surface area contributed by atoms with Crippen molar-refractivity contribution in [3.63, 3.8) is 0 Å². The zero-order chi connectivity index (χ0) is 17.4. The van der Waals surface area contributed by atoms with Crippen LogP contribution in [-0.2, 0) is 9.31 Å². The van der Waals surface area contributed by atoms with Gasteiger partial charge in [0, 0.05) is 11.5 Å². The Balaban J connectivity index is 1.66. The molecule has 0 radical (unpaired) electrons. The summed E-state index contributed by atoms with van der Waals surface area (Å²) < 4.78 is 18.6. The molecule has 2 heterocycles. The summed E-state index contributed by atoms with van der Waals surface area (Å²) in [5, 5.41) is 0. The maximum Gasteiger partial charge on any atom is 0.457 e. The van der Waals surface area contributed by atoms with Crippen LogP contribution in [0, 0.1) is 0 Å². The molecule has 1 unspecified atom stereocenters. The normalized spacial score (nSPS) is 27.1. The first kappa shape index (κ1) is 17.8. The summed E-state index contributed by atoms with van der Waals surface area (Å²) in [6.07, 6.45) is 5.80. The highest BCUT2D eigenvalue weighted by Gasteiger charge is 2.51. The van der Waals surface area contributed by atoms with Crippen LogP contribution in [0.2, 0.25) is 6.32 Å². The average molecular weight is 330 g/mol. The third kappa shape index (κ3) is 3.36. The van der Waals surface area contributed by atoms with E-state index >= 15 is 0 Å². The minimum Gasteiger partial charge on any atom is -0.489 e. The number of rotatable bonds is 6. The molecule has 4 heteroatoms. The summed E-state index contributed by atoms with van der Waals surface area (Å²) in [7, 11) is -0.116. The van der Waals surface area contributed by atoms with E-state index in [4.69, 9.17) is 14.0 Å². The van der Waals surface area contributed by atoms with Crippen molar-refractivity contribution in [3.8, 4) is 5.75 Å². The molecule has 3 rings (SSSR count). The fraction of sp³-hybridized carbons (Fsp3) is 0.700. The fourth-order valence-corrected chi connectivity index (χ4v) is 3.75. The van der Waals surface area contributed by atoms with Gasteiger partial charge in [-0.2, -0.15) is 0 Å². The van der Waals surface area contributed by atoms with Crippen LogP contribution in [0.25, 0.3) is 0 Å². The van der Waals surface area contributed by atoms with Gasteiger partial charge in [0.25, 0.3) is 0 Å². The third-order valence-corrected chi connectivity index (χ3v) is 5.90. The van der Waals surface area contributed by atoms with Gasteiger partial charge in [-0.15, -0.1) is 0 Å². The van der Waals surface area contributed by atoms with Crippen LogP contribution in [0.3, 0.4) is 0 Å². The monoisotopic (exact) mass is 330 g/mol. The number of unbranched alkanes of at least 4 members (excludes halogenated alkanes) is 1. The van der Waals surface area contributed by atoms with Crippen LogP contribution < -0.4 is 4.74 Å². The van der Waals surface area contributed by atoms with Gasteiger partial charge >= 0.3 is 7.12 Å². The van der Waals surface area contributed by atoms with Crippen molar-refractivity contribution in [1.29, 1.82) is 0 Å². The maximum atomic E-state index is 6.24. The van der Waals surface area contributed by atoms with Crippen molar-refractivity contribution >= 4 is 7.12 Å². The molecule has 1 fully saturated rings. The van der Waals surface area contributed by atoms with Gasteiger partial charge in [-0.1, -0.05) is 38.0 Å². The van der Waals surface area contributed by atoms with Gasteiger partial charge in [0.1, 0.15) is 11.9 Å². The standard InChI is InChI=1S/C20H31BO3/c1-6-7-11-17-16(15-10-8-9-12-18(15)22-17)13-14-21-23-19(2,3)20(4,5)24-21/h8-10,12,16-17H,6-7,11,13-14H2,1-5H3/t16-,17?/m1/s1. The van der Waals surface area contributed by atoms with Crippen LogP contribution in [-0.4, -0.2) is 24.4 Å². The Labute approximate surface area is 147 Å². The molecule has 24 heavy (non-hydrogen) atoms. The van der Waals surface area contributed by atoms with Crippen LogP contribution >= 0.6 is 0 Å². The summed E-state index contributed by atoms with van der Waals surface area (Å²) in [5.74, 6) is 1.52. The van der Waals surface area contributed by atoms with Crippen molar-refractivity contribution in [1.82, 2.24) is 0 Å². The van der Waals surface area contributed by atoms with Crippen molar-refractivity contribution < 1.29 is 14.0 Å². The van der Waals surface area contributed by atoms with Crippen LogP contribution in [0.5, 0.6) is 5.75 Å². The van der Waals surface area contributed by atoms with E-state index in [9.17, 15) is 0 Å². The molecule has 1 saturated heterocycles. The lowest BCUT2D eigenvalue weighted by atomic mass is 9.76. The predicted octanol–water partition coefficient (Wildman–Crippen LogP) is 5.20. The minimum atomic E-state index is -0.247. The second-order valence-electron chi connectivity index (χ2n) is 8.21. The van der Waals surface area contributed by atoms with Gasteiger partial charge in [-0.05, 0) is 52.9 Å². The largest absolute Gasteiger partial charge is 0.489 e. The first-order chi connectivity index (χ1) is 11.3. The highest BCUT2D eigenvalue weighted by atomic mass is 16.7. The van der Waals surface area contributed by atoms with Gasteiger partial charge in [0.2, 0.25) is 0 Å². The number of benzene rings is 1. The van der Waals surface area contributed by atoms with Crippen molar-refractivity contribution in [3.05, 3.63) is 29.8 Å². The van der Waals surface area contributed by atoms with E-state index in [1.165, 1.54) is 18.4 Å². The Hall–Kier alpha value is -0.995. The van der Waals surface area contributed by atoms with Crippen molar-refractivity contribution in [2.24, 2.45) is 0 Å². The Morgan fingerprint density at radius 1 is 1.00 bits per heavy atom. The summed E-state index contributed by atoms with van der Waals surface area (Å²) in [5.41, 5.74) is 0.863. The molecular weight excluding hydrogens is 299 g/mol. The van der Waals surface area contributed by atoms with Gasteiger partial charge in [0.15, 0.2) is 0 Å². The molecule has 2 aliphatic heterocycles. The van der Waals surface area contributed by atoms with Gasteiger partial charge in [0.05, 0.1) is 11.2 Å². The van der Waals surface area contributed by atoms with Crippen LogP contribution in [0.4, 0.5) is 0 Å². The smallest absolute Gasteiger partial charge is 0.457 e. The van der Waals surface area contributed by atoms with E-state index in [-0.39, 0.29) is 18.3 Å². The zero-order valence-electron chi connectivity index (χ0n) is 15.8. The SMILES string of the molecule is CCCCC1Oc2ccccc2[C@H]1CCB1OC(C)(C)C(C)(C)O1. The number of hydrogen-bond donors (Lipinski definition) is 0. The Morgan fingerprint density at radius 2 is 1.67 bits per heavy atom. The predicted molar refractivity (Wildman–Crippen MR) is 98.6 cm³/mol. The molecule has 0 saturated carbocycles. The molecule has 1 aromatic carbocycles. The number of para-hydroxylation sites is 1. The minimum absolute atomic E-state index is 0.116. The first-order valence-electron chi connectivity index (χ1n) is 9.45. The van der Waals surface area contributed by atoms with E-state index in [0.717, 1.165) is 24.9 Å². The van der Waals surface area contributed by atoms with E-state index in [0.29, 0.717) is 12.0 Å². The van der Waals surface area contributed by atoms with E-state index in [1.54, 1.807) is 0 Å². The molecule has 0 aliphatic carbocycles. The lowest BCUT2D eigenvalue weighted by Crippen LogP contribution is -2.41. The van der Waals surface area contributed by atoms with Gasteiger partial charge in [-0.3, -0.25) is 0 Å². The van der Waals surface area contributed by atoms with Crippen molar-refractivity contribution in [2.75, 3.05) is 0 Å². The number of hydrogen-bond acceptors (Lipinski definition) is 3. The fourth-order valence-electron chi connectivity index (χ4n) is 3.75. The topological polar surface area (TPSA) is 27.7 Å². The highest BCUT2D eigenvalue weighted by Crippen LogP contribution is 2.44. The summed E-state index contributed by atoms with van der Waals surface area (Å²) in [4.78, 5) is 0. The molecule has 0 amide bonds. The lowest BCUT2D eigenvalue weighted by molar-refractivity contribution is 0.00578. The average Bonchev–Trinajstić information content (AvgIpc) is 2.96. The Kier molecular flexibility index (Phi) is 4.99. The quantitative estimate of drug-likeness (QED) is 0.671. The van der Waals surface area contributed by atoms with Gasteiger partial charge < -0.3 is 14.0 Å². The van der Waals surface area contributed by atoms with E-state index in [2.05, 4.69) is 58.9 Å². The highest BCUT2D eigenvalue weighted by molar-refractivity contribution is 6.45. The molecule has 0 N–H and O–H groups in total. The second kappa shape index (κ2) is 6.72. The number of fused-ring (bicyclic) bond motifs is 1. The van der Waals surface area contributed by atoms with E-state index in [1.807, 2.05) is 0 Å². The molecule has 2 aliphatic rings. The maximum absolute atomic E-state index is 6.24. The van der Waals surface area contributed by atoms with Crippen LogP contribution in [0.15, 0.2) is 24.3 Å². The molecule has 0 aromatic heterocycles. The molecule has 1 aromatic rings.